The molecule has 1 rings (SSSR count). The Bertz CT molecular complexity index is 402. The van der Waals surface area contributed by atoms with Gasteiger partial charge in [0, 0.05) is 18.7 Å². The normalized spacial score (nSPS) is 11.9. The van der Waals surface area contributed by atoms with Crippen molar-refractivity contribution in [2.75, 3.05) is 13.7 Å². The molecule has 0 saturated heterocycles. The zero-order chi connectivity index (χ0) is 14.5. The van der Waals surface area contributed by atoms with E-state index in [4.69, 9.17) is 4.74 Å². The van der Waals surface area contributed by atoms with Crippen molar-refractivity contribution in [2.45, 2.75) is 46.6 Å². The van der Waals surface area contributed by atoms with Crippen molar-refractivity contribution >= 4 is 0 Å². The zero-order valence-electron chi connectivity index (χ0n) is 12.7. The molecule has 0 aliphatic rings. The first-order chi connectivity index (χ1) is 8.84. The fourth-order valence-corrected chi connectivity index (χ4v) is 1.90. The first kappa shape index (κ1) is 16.0. The van der Waals surface area contributed by atoms with Gasteiger partial charge in [-0.15, -0.1) is 0 Å². The van der Waals surface area contributed by atoms with Crippen LogP contribution < -0.4 is 10.1 Å². The molecular formula is C16H26FNO. The summed E-state index contributed by atoms with van der Waals surface area (Å²) >= 11 is 0. The van der Waals surface area contributed by atoms with Crippen LogP contribution in [0.1, 0.15) is 39.7 Å². The standard InChI is InChI=1S/C16H26FNO/c1-12(2)18-11-16(3,4)9-8-13-6-7-14(19-5)10-15(13)17/h6-7,10,12,18H,8-9,11H2,1-5H3. The van der Waals surface area contributed by atoms with Gasteiger partial charge in [-0.3, -0.25) is 0 Å². The number of ether oxygens (including phenoxy) is 1. The lowest BCUT2D eigenvalue weighted by molar-refractivity contribution is 0.303. The molecule has 0 amide bonds. The summed E-state index contributed by atoms with van der Waals surface area (Å²) in [5, 5.41) is 3.44. The topological polar surface area (TPSA) is 21.3 Å². The second kappa shape index (κ2) is 6.90. The lowest BCUT2D eigenvalue weighted by atomic mass is 9.86. The van der Waals surface area contributed by atoms with E-state index < -0.39 is 0 Å². The molecule has 0 unspecified atom stereocenters. The van der Waals surface area contributed by atoms with E-state index in [0.29, 0.717) is 11.8 Å². The van der Waals surface area contributed by atoms with Crippen molar-refractivity contribution in [1.29, 1.82) is 0 Å². The molecule has 0 aromatic heterocycles. The molecule has 0 saturated carbocycles. The third-order valence-corrected chi connectivity index (χ3v) is 3.32. The predicted octanol–water partition coefficient (Wildman–Crippen LogP) is 3.79. The summed E-state index contributed by atoms with van der Waals surface area (Å²) in [7, 11) is 1.55. The van der Waals surface area contributed by atoms with Gasteiger partial charge >= 0.3 is 0 Å². The molecule has 2 nitrogen and oxygen atoms in total. The minimum Gasteiger partial charge on any atom is -0.497 e. The number of benzene rings is 1. The number of halogens is 1. The number of rotatable bonds is 7. The van der Waals surface area contributed by atoms with Crippen molar-refractivity contribution in [2.24, 2.45) is 5.41 Å². The average Bonchev–Trinajstić information content (AvgIpc) is 2.35. The summed E-state index contributed by atoms with van der Waals surface area (Å²) < 4.78 is 18.8. The molecule has 0 radical (unpaired) electrons. The maximum atomic E-state index is 13.8. The quantitative estimate of drug-likeness (QED) is 0.811. The van der Waals surface area contributed by atoms with Crippen LogP contribution in [0.25, 0.3) is 0 Å². The third kappa shape index (κ3) is 5.60. The lowest BCUT2D eigenvalue weighted by Crippen LogP contribution is -2.34. The lowest BCUT2D eigenvalue weighted by Gasteiger charge is -2.26. The van der Waals surface area contributed by atoms with E-state index >= 15 is 0 Å². The van der Waals surface area contributed by atoms with Crippen molar-refractivity contribution in [3.63, 3.8) is 0 Å². The van der Waals surface area contributed by atoms with E-state index in [2.05, 4.69) is 33.0 Å². The third-order valence-electron chi connectivity index (χ3n) is 3.32. The highest BCUT2D eigenvalue weighted by Gasteiger charge is 2.18. The van der Waals surface area contributed by atoms with Crippen LogP contribution in [-0.4, -0.2) is 19.7 Å². The Labute approximate surface area is 116 Å². The molecular weight excluding hydrogens is 241 g/mol. The van der Waals surface area contributed by atoms with E-state index in [9.17, 15) is 4.39 Å². The number of hydrogen-bond acceptors (Lipinski definition) is 2. The molecule has 0 bridgehead atoms. The Morgan fingerprint density at radius 2 is 2.00 bits per heavy atom. The summed E-state index contributed by atoms with van der Waals surface area (Å²) in [4.78, 5) is 0. The number of hydrogen-bond donors (Lipinski definition) is 1. The second-order valence-electron chi connectivity index (χ2n) is 6.16. The van der Waals surface area contributed by atoms with Crippen LogP contribution in [-0.2, 0) is 6.42 Å². The summed E-state index contributed by atoms with van der Waals surface area (Å²) in [5.74, 6) is 0.397. The van der Waals surface area contributed by atoms with Gasteiger partial charge in [-0.1, -0.05) is 33.8 Å². The van der Waals surface area contributed by atoms with Crippen LogP contribution in [0.2, 0.25) is 0 Å². The summed E-state index contributed by atoms with van der Waals surface area (Å²) in [5.41, 5.74) is 0.926. The SMILES string of the molecule is COc1ccc(CCC(C)(C)CNC(C)C)c(F)c1. The molecule has 0 spiro atoms. The second-order valence-corrected chi connectivity index (χ2v) is 6.16. The molecule has 1 aromatic rings. The Morgan fingerprint density at radius 3 is 2.53 bits per heavy atom. The molecule has 0 atom stereocenters. The van der Waals surface area contributed by atoms with Crippen molar-refractivity contribution in [1.82, 2.24) is 5.32 Å². The highest BCUT2D eigenvalue weighted by atomic mass is 19.1. The minimum absolute atomic E-state index is 0.163. The van der Waals surface area contributed by atoms with Gasteiger partial charge in [-0.25, -0.2) is 4.39 Å². The van der Waals surface area contributed by atoms with Crippen LogP contribution >= 0.6 is 0 Å². The number of methoxy groups -OCH3 is 1. The van der Waals surface area contributed by atoms with Gasteiger partial charge in [0.05, 0.1) is 7.11 Å². The Balaban J connectivity index is 2.56. The molecule has 3 heteroatoms. The van der Waals surface area contributed by atoms with Gasteiger partial charge in [0.25, 0.3) is 0 Å². The van der Waals surface area contributed by atoms with Crippen molar-refractivity contribution < 1.29 is 9.13 Å². The summed E-state index contributed by atoms with van der Waals surface area (Å²) in [6, 6.07) is 5.57. The van der Waals surface area contributed by atoms with Crippen LogP contribution in [0, 0.1) is 11.2 Å². The smallest absolute Gasteiger partial charge is 0.130 e. The van der Waals surface area contributed by atoms with Crippen LogP contribution in [0.5, 0.6) is 5.75 Å². The first-order valence-electron chi connectivity index (χ1n) is 6.90. The zero-order valence-corrected chi connectivity index (χ0v) is 12.7. The van der Waals surface area contributed by atoms with Crippen molar-refractivity contribution in [3.8, 4) is 5.75 Å². The molecule has 0 fully saturated rings. The van der Waals surface area contributed by atoms with Gasteiger partial charge in [0.15, 0.2) is 0 Å². The van der Waals surface area contributed by atoms with Crippen molar-refractivity contribution in [3.05, 3.63) is 29.6 Å². The maximum Gasteiger partial charge on any atom is 0.130 e. The number of nitrogens with one attached hydrogen (secondary N) is 1. The van der Waals surface area contributed by atoms with Crippen LogP contribution in [0.15, 0.2) is 18.2 Å². The van der Waals surface area contributed by atoms with Gasteiger partial charge in [0.2, 0.25) is 0 Å². The molecule has 1 aromatic carbocycles. The van der Waals surface area contributed by atoms with Gasteiger partial charge in [-0.2, -0.15) is 0 Å². The highest BCUT2D eigenvalue weighted by molar-refractivity contribution is 5.29. The van der Waals surface area contributed by atoms with E-state index in [0.717, 1.165) is 24.9 Å². The van der Waals surface area contributed by atoms with Gasteiger partial charge in [0.1, 0.15) is 11.6 Å². The van der Waals surface area contributed by atoms with Gasteiger partial charge < -0.3 is 10.1 Å². The van der Waals surface area contributed by atoms with E-state index in [1.54, 1.807) is 7.11 Å². The minimum atomic E-state index is -0.174. The van der Waals surface area contributed by atoms with E-state index in [1.165, 1.54) is 6.07 Å². The fraction of sp³-hybridized carbons (Fsp3) is 0.625. The van der Waals surface area contributed by atoms with Gasteiger partial charge in [-0.05, 0) is 29.9 Å². The largest absolute Gasteiger partial charge is 0.497 e. The molecule has 0 aliphatic heterocycles. The molecule has 0 heterocycles. The highest BCUT2D eigenvalue weighted by Crippen LogP contribution is 2.24. The summed E-state index contributed by atoms with van der Waals surface area (Å²) in [6.07, 6.45) is 1.71. The first-order valence-corrected chi connectivity index (χ1v) is 6.90. The molecule has 1 N–H and O–H groups in total. The maximum absolute atomic E-state index is 13.8. The number of aryl methyl sites for hydroxylation is 1. The monoisotopic (exact) mass is 267 g/mol. The summed E-state index contributed by atoms with van der Waals surface area (Å²) in [6.45, 7) is 9.65. The molecule has 0 aliphatic carbocycles. The Kier molecular flexibility index (Phi) is 5.80. The predicted molar refractivity (Wildman–Crippen MR) is 78.2 cm³/mol. The van der Waals surface area contributed by atoms with Crippen LogP contribution in [0.4, 0.5) is 4.39 Å². The van der Waals surface area contributed by atoms with E-state index in [-0.39, 0.29) is 11.2 Å². The Morgan fingerprint density at radius 1 is 1.32 bits per heavy atom. The molecule has 19 heavy (non-hydrogen) atoms. The average molecular weight is 267 g/mol. The van der Waals surface area contributed by atoms with E-state index in [1.807, 2.05) is 12.1 Å². The van der Waals surface area contributed by atoms with Crippen LogP contribution in [0.3, 0.4) is 0 Å². The fourth-order valence-electron chi connectivity index (χ4n) is 1.90. The molecule has 108 valence electrons. The Hall–Kier alpha value is -1.09.